The summed E-state index contributed by atoms with van der Waals surface area (Å²) >= 11 is 0. The summed E-state index contributed by atoms with van der Waals surface area (Å²) in [6.45, 7) is 2.64. The van der Waals surface area contributed by atoms with Crippen molar-refractivity contribution in [3.05, 3.63) is 79.1 Å². The first-order chi connectivity index (χ1) is 15.7. The zero-order valence-electron chi connectivity index (χ0n) is 17.2. The van der Waals surface area contributed by atoms with Crippen LogP contribution in [0.2, 0.25) is 0 Å². The minimum Gasteiger partial charge on any atom is -0.489 e. The van der Waals surface area contributed by atoms with Crippen LogP contribution in [0.3, 0.4) is 0 Å². The highest BCUT2D eigenvalue weighted by Gasteiger charge is 2.14. The Balaban J connectivity index is 1.46. The van der Waals surface area contributed by atoms with Crippen LogP contribution in [0.1, 0.15) is 12.5 Å². The van der Waals surface area contributed by atoms with Gasteiger partial charge in [0.2, 0.25) is 0 Å². The topological polar surface area (TPSA) is 107 Å². The predicted molar refractivity (Wildman–Crippen MR) is 116 cm³/mol. The van der Waals surface area contributed by atoms with Gasteiger partial charge in [-0.15, -0.1) is 10.2 Å². The minimum atomic E-state index is -0.0644. The molecule has 0 radical (unpaired) electrons. The van der Waals surface area contributed by atoms with Crippen LogP contribution < -0.4 is 4.74 Å². The van der Waals surface area contributed by atoms with Crippen LogP contribution in [0.15, 0.2) is 73.6 Å². The predicted octanol–water partition coefficient (Wildman–Crippen LogP) is 3.39. The lowest BCUT2D eigenvalue weighted by Gasteiger charge is -2.15. The Morgan fingerprint density at radius 3 is 2.78 bits per heavy atom. The number of pyridine rings is 1. The van der Waals surface area contributed by atoms with Crippen molar-refractivity contribution < 1.29 is 4.74 Å². The van der Waals surface area contributed by atoms with Crippen LogP contribution in [0.5, 0.6) is 5.75 Å². The Labute approximate surface area is 183 Å². The Morgan fingerprint density at radius 1 is 1.06 bits per heavy atom. The van der Waals surface area contributed by atoms with Crippen LogP contribution in [0.4, 0.5) is 0 Å². The summed E-state index contributed by atoms with van der Waals surface area (Å²) in [6.07, 6.45) is 6.60. The summed E-state index contributed by atoms with van der Waals surface area (Å²) in [5, 5.41) is 21.8. The fourth-order valence-electron chi connectivity index (χ4n) is 3.50. The normalized spacial score (nSPS) is 11.9. The molecule has 0 aliphatic carbocycles. The lowest BCUT2D eigenvalue weighted by molar-refractivity contribution is 0.199. The average Bonchev–Trinajstić information content (AvgIpc) is 3.48. The maximum Gasteiger partial charge on any atom is 0.154 e. The number of nitriles is 1. The number of fused-ring (bicyclic) bond motifs is 1. The molecule has 5 aromatic rings. The van der Waals surface area contributed by atoms with Gasteiger partial charge in [0.15, 0.2) is 5.65 Å². The molecule has 4 heterocycles. The molecule has 0 aliphatic rings. The van der Waals surface area contributed by atoms with Crippen molar-refractivity contribution in [1.82, 2.24) is 34.3 Å². The van der Waals surface area contributed by atoms with Crippen LogP contribution >= 0.6 is 0 Å². The summed E-state index contributed by atoms with van der Waals surface area (Å²) < 4.78 is 9.66. The quantitative estimate of drug-likeness (QED) is 0.413. The van der Waals surface area contributed by atoms with Gasteiger partial charge in [-0.25, -0.2) is 9.50 Å². The highest BCUT2D eigenvalue weighted by molar-refractivity contribution is 5.68. The lowest BCUT2D eigenvalue weighted by Crippen LogP contribution is -2.18. The minimum absolute atomic E-state index is 0.0644. The van der Waals surface area contributed by atoms with Gasteiger partial charge < -0.3 is 9.30 Å². The van der Waals surface area contributed by atoms with Gasteiger partial charge in [0.1, 0.15) is 42.0 Å². The summed E-state index contributed by atoms with van der Waals surface area (Å²) in [7, 11) is 0. The largest absolute Gasteiger partial charge is 0.489 e. The number of benzene rings is 1. The smallest absolute Gasteiger partial charge is 0.154 e. The van der Waals surface area contributed by atoms with Gasteiger partial charge in [-0.05, 0) is 43.3 Å². The molecule has 32 heavy (non-hydrogen) atoms. The summed E-state index contributed by atoms with van der Waals surface area (Å²) in [5.74, 6) is 0.743. The number of rotatable bonds is 6. The van der Waals surface area contributed by atoms with E-state index < -0.39 is 0 Å². The van der Waals surface area contributed by atoms with E-state index in [4.69, 9.17) is 9.84 Å². The summed E-state index contributed by atoms with van der Waals surface area (Å²) in [6, 6.07) is 17.2. The first-order valence-electron chi connectivity index (χ1n) is 10.0. The molecule has 9 nitrogen and oxygen atoms in total. The van der Waals surface area contributed by atoms with Crippen molar-refractivity contribution in [2.24, 2.45) is 0 Å². The third-order valence-corrected chi connectivity index (χ3v) is 4.93. The molecule has 5 rings (SSSR count). The first-order valence-corrected chi connectivity index (χ1v) is 10.0. The van der Waals surface area contributed by atoms with Gasteiger partial charge in [-0.2, -0.15) is 10.4 Å². The number of hydrogen-bond acceptors (Lipinski definition) is 7. The van der Waals surface area contributed by atoms with Crippen LogP contribution in [-0.4, -0.2) is 40.5 Å². The van der Waals surface area contributed by atoms with E-state index in [0.717, 1.165) is 17.0 Å². The average molecular weight is 422 g/mol. The van der Waals surface area contributed by atoms with E-state index in [1.807, 2.05) is 47.9 Å². The molecule has 0 aliphatic heterocycles. The molecule has 0 N–H and O–H groups in total. The van der Waals surface area contributed by atoms with Crippen molar-refractivity contribution in [2.45, 2.75) is 19.6 Å². The van der Waals surface area contributed by atoms with Crippen molar-refractivity contribution in [3.8, 4) is 34.5 Å². The Morgan fingerprint density at radius 2 is 1.94 bits per heavy atom. The highest BCUT2D eigenvalue weighted by atomic mass is 16.5. The van der Waals surface area contributed by atoms with Gasteiger partial charge in [-0.1, -0.05) is 12.1 Å². The third-order valence-electron chi connectivity index (χ3n) is 4.93. The van der Waals surface area contributed by atoms with E-state index >= 15 is 0 Å². The van der Waals surface area contributed by atoms with Crippen LogP contribution in [-0.2, 0) is 6.54 Å². The molecule has 0 unspecified atom stereocenters. The van der Waals surface area contributed by atoms with E-state index in [9.17, 15) is 5.26 Å². The number of hydrogen-bond donors (Lipinski definition) is 0. The lowest BCUT2D eigenvalue weighted by atomic mass is 10.1. The van der Waals surface area contributed by atoms with E-state index in [2.05, 4.69) is 26.2 Å². The van der Waals surface area contributed by atoms with E-state index in [-0.39, 0.29) is 6.10 Å². The maximum atomic E-state index is 9.44. The summed E-state index contributed by atoms with van der Waals surface area (Å²) in [5.41, 5.74) is 4.01. The molecule has 4 aromatic heterocycles. The molecule has 156 valence electrons. The van der Waals surface area contributed by atoms with Crippen molar-refractivity contribution in [1.29, 1.82) is 5.26 Å². The first kappa shape index (κ1) is 19.4. The van der Waals surface area contributed by atoms with Crippen LogP contribution in [0.25, 0.3) is 28.3 Å². The molecule has 0 amide bonds. The van der Waals surface area contributed by atoms with Crippen molar-refractivity contribution >= 4 is 5.65 Å². The third kappa shape index (κ3) is 3.77. The molecule has 1 atom stereocenters. The highest BCUT2D eigenvalue weighted by Crippen LogP contribution is 2.26. The number of imidazole rings is 1. The number of aromatic nitrogens is 7. The SMILES string of the molecule is C[C@@H](Cn1cnnc1)Oc1cccc(-c2ccc3ncc(-c4ncccc4C#N)n3n2)c1. The monoisotopic (exact) mass is 422 g/mol. The maximum absolute atomic E-state index is 9.44. The zero-order valence-corrected chi connectivity index (χ0v) is 17.2. The molecule has 0 fully saturated rings. The zero-order chi connectivity index (χ0) is 21.9. The molecule has 0 spiro atoms. The number of nitrogens with zero attached hydrogens (tertiary/aromatic N) is 8. The molecule has 0 saturated carbocycles. The standard InChI is InChI=1S/C23H18N8O/c1-16(13-30-14-27-28-15-30)32-19-6-2-4-17(10-19)20-7-8-22-26-12-21(31(22)29-20)23-18(11-24)5-3-9-25-23/h2-10,12,14-16H,13H2,1H3/t16-/m0/s1. The van der Waals surface area contributed by atoms with Gasteiger partial charge in [0, 0.05) is 11.8 Å². The second kappa shape index (κ2) is 8.28. The molecule has 9 heteroatoms. The van der Waals surface area contributed by atoms with Crippen LogP contribution in [0, 0.1) is 11.3 Å². The Hall–Kier alpha value is -4.58. The van der Waals surface area contributed by atoms with Gasteiger partial charge in [-0.3, -0.25) is 4.98 Å². The van der Waals surface area contributed by atoms with Gasteiger partial charge in [0.05, 0.1) is 24.0 Å². The number of ether oxygens (including phenoxy) is 1. The second-order valence-electron chi connectivity index (χ2n) is 7.26. The fraction of sp³-hybridized carbons (Fsp3) is 0.130. The Kier molecular flexibility index (Phi) is 5.01. The van der Waals surface area contributed by atoms with Crippen molar-refractivity contribution in [3.63, 3.8) is 0 Å². The van der Waals surface area contributed by atoms with E-state index in [1.54, 1.807) is 41.7 Å². The molecule has 0 bridgehead atoms. The molecule has 0 saturated heterocycles. The molecule has 1 aromatic carbocycles. The van der Waals surface area contributed by atoms with Gasteiger partial charge in [0.25, 0.3) is 0 Å². The van der Waals surface area contributed by atoms with E-state index in [1.165, 1.54) is 0 Å². The molecular formula is C23H18N8O. The van der Waals surface area contributed by atoms with Gasteiger partial charge >= 0.3 is 0 Å². The fourth-order valence-corrected chi connectivity index (χ4v) is 3.50. The van der Waals surface area contributed by atoms with E-state index in [0.29, 0.717) is 29.1 Å². The summed E-state index contributed by atoms with van der Waals surface area (Å²) in [4.78, 5) is 8.78. The van der Waals surface area contributed by atoms with Crippen molar-refractivity contribution in [2.75, 3.05) is 0 Å². The second-order valence-corrected chi connectivity index (χ2v) is 7.26. The molecular weight excluding hydrogens is 404 g/mol. The Bertz CT molecular complexity index is 1420.